The van der Waals surface area contributed by atoms with Crippen LogP contribution in [0.25, 0.3) is 0 Å². The number of para-hydroxylation sites is 2. The SMILES string of the molecule is CC(C)(C)OC(=O)N1c2ccccc2[C@@]2(C)C/C(=C/Oc3ccccc3)[C@@]12C. The molecule has 28 heavy (non-hydrogen) atoms. The van der Waals surface area contributed by atoms with Gasteiger partial charge in [-0.3, -0.25) is 4.90 Å². The topological polar surface area (TPSA) is 38.8 Å². The van der Waals surface area contributed by atoms with Gasteiger partial charge >= 0.3 is 6.09 Å². The molecule has 1 aliphatic heterocycles. The molecule has 0 aromatic heterocycles. The second kappa shape index (κ2) is 6.13. The fraction of sp³-hybridized carbons (Fsp3) is 0.375. The van der Waals surface area contributed by atoms with E-state index in [0.29, 0.717) is 0 Å². The Labute approximate surface area is 166 Å². The molecule has 2 aromatic carbocycles. The first kappa shape index (κ1) is 18.6. The average Bonchev–Trinajstić information content (AvgIpc) is 2.78. The number of ether oxygens (including phenoxy) is 2. The number of carbonyl (C=O) groups is 1. The minimum atomic E-state index is -0.560. The summed E-state index contributed by atoms with van der Waals surface area (Å²) in [5.41, 5.74) is 1.93. The zero-order chi connectivity index (χ0) is 20.2. The lowest BCUT2D eigenvalue weighted by molar-refractivity contribution is 0.0503. The number of benzene rings is 2. The summed E-state index contributed by atoms with van der Waals surface area (Å²) in [5.74, 6) is 0.784. The van der Waals surface area contributed by atoms with Gasteiger partial charge in [-0.1, -0.05) is 43.3 Å². The summed E-state index contributed by atoms with van der Waals surface area (Å²) in [4.78, 5) is 15.0. The first-order valence-electron chi connectivity index (χ1n) is 9.71. The van der Waals surface area contributed by atoms with Crippen molar-refractivity contribution in [2.24, 2.45) is 0 Å². The Morgan fingerprint density at radius 1 is 1.04 bits per heavy atom. The molecule has 0 spiro atoms. The van der Waals surface area contributed by atoms with Gasteiger partial charge in [-0.2, -0.15) is 0 Å². The maximum Gasteiger partial charge on any atom is 0.415 e. The maximum atomic E-state index is 13.2. The highest BCUT2D eigenvalue weighted by atomic mass is 16.6. The molecule has 0 saturated heterocycles. The van der Waals surface area contributed by atoms with E-state index in [1.165, 1.54) is 5.56 Å². The predicted molar refractivity (Wildman–Crippen MR) is 111 cm³/mol. The van der Waals surface area contributed by atoms with Crippen molar-refractivity contribution in [3.05, 3.63) is 72.0 Å². The first-order chi connectivity index (χ1) is 13.2. The van der Waals surface area contributed by atoms with E-state index >= 15 is 0 Å². The number of rotatable bonds is 2. The zero-order valence-electron chi connectivity index (χ0n) is 17.2. The molecule has 0 N–H and O–H groups in total. The van der Waals surface area contributed by atoms with Crippen LogP contribution in [-0.2, 0) is 10.2 Å². The zero-order valence-corrected chi connectivity index (χ0v) is 17.2. The minimum Gasteiger partial charge on any atom is -0.465 e. The second-order valence-electron chi connectivity index (χ2n) is 8.99. The van der Waals surface area contributed by atoms with Gasteiger partial charge in [0.15, 0.2) is 0 Å². The smallest absolute Gasteiger partial charge is 0.415 e. The largest absolute Gasteiger partial charge is 0.465 e. The van der Waals surface area contributed by atoms with E-state index in [-0.39, 0.29) is 11.5 Å². The van der Waals surface area contributed by atoms with E-state index in [1.807, 2.05) is 74.2 Å². The number of hydrogen-bond donors (Lipinski definition) is 0. The quantitative estimate of drug-likeness (QED) is 0.619. The molecule has 1 saturated carbocycles. The Balaban J connectivity index is 1.74. The van der Waals surface area contributed by atoms with Gasteiger partial charge in [0, 0.05) is 5.41 Å². The number of nitrogens with zero attached hydrogens (tertiary/aromatic N) is 1. The third-order valence-electron chi connectivity index (χ3n) is 6.09. The molecular weight excluding hydrogens is 350 g/mol. The molecule has 2 atom stereocenters. The van der Waals surface area contributed by atoms with Crippen molar-refractivity contribution < 1.29 is 14.3 Å². The Bertz CT molecular complexity index is 944. The number of amides is 1. The van der Waals surface area contributed by atoms with Gasteiger partial charge in [-0.15, -0.1) is 0 Å². The van der Waals surface area contributed by atoms with Crippen molar-refractivity contribution in [1.82, 2.24) is 0 Å². The molecule has 4 nitrogen and oxygen atoms in total. The van der Waals surface area contributed by atoms with Crippen LogP contribution >= 0.6 is 0 Å². The van der Waals surface area contributed by atoms with Gasteiger partial charge in [0.05, 0.1) is 17.5 Å². The van der Waals surface area contributed by atoms with Crippen LogP contribution < -0.4 is 9.64 Å². The molecule has 4 heteroatoms. The number of anilines is 1. The Morgan fingerprint density at radius 3 is 2.36 bits per heavy atom. The fourth-order valence-corrected chi connectivity index (χ4v) is 4.48. The minimum absolute atomic E-state index is 0.174. The van der Waals surface area contributed by atoms with Gasteiger partial charge in [0.25, 0.3) is 0 Å². The van der Waals surface area contributed by atoms with Gasteiger partial charge in [0.2, 0.25) is 0 Å². The third kappa shape index (κ3) is 2.62. The van der Waals surface area contributed by atoms with E-state index < -0.39 is 11.1 Å². The summed E-state index contributed by atoms with van der Waals surface area (Å²) < 4.78 is 11.7. The van der Waals surface area contributed by atoms with Crippen LogP contribution in [0.15, 0.2) is 66.4 Å². The molecule has 4 rings (SSSR count). The van der Waals surface area contributed by atoms with Crippen LogP contribution in [0.1, 0.15) is 46.6 Å². The van der Waals surface area contributed by atoms with E-state index in [4.69, 9.17) is 9.47 Å². The van der Waals surface area contributed by atoms with Crippen LogP contribution in [0, 0.1) is 0 Å². The summed E-state index contributed by atoms with van der Waals surface area (Å²) >= 11 is 0. The highest BCUT2D eigenvalue weighted by molar-refractivity contribution is 5.96. The first-order valence-corrected chi connectivity index (χ1v) is 9.71. The van der Waals surface area contributed by atoms with Crippen molar-refractivity contribution in [1.29, 1.82) is 0 Å². The normalized spacial score (nSPS) is 27.0. The molecule has 0 unspecified atom stereocenters. The van der Waals surface area contributed by atoms with Gasteiger partial charge < -0.3 is 9.47 Å². The Hall–Kier alpha value is -2.75. The molecule has 0 bridgehead atoms. The van der Waals surface area contributed by atoms with E-state index in [9.17, 15) is 4.79 Å². The summed E-state index contributed by atoms with van der Waals surface area (Å²) in [5, 5.41) is 0. The van der Waals surface area contributed by atoms with Crippen molar-refractivity contribution >= 4 is 11.8 Å². The fourth-order valence-electron chi connectivity index (χ4n) is 4.48. The van der Waals surface area contributed by atoms with E-state index in [2.05, 4.69) is 19.9 Å². The van der Waals surface area contributed by atoms with Crippen molar-refractivity contribution in [2.75, 3.05) is 4.90 Å². The molecule has 1 heterocycles. The lowest BCUT2D eigenvalue weighted by Crippen LogP contribution is -2.66. The maximum absolute atomic E-state index is 13.2. The third-order valence-corrected chi connectivity index (χ3v) is 6.09. The van der Waals surface area contributed by atoms with Crippen LogP contribution in [0.3, 0.4) is 0 Å². The molecular formula is C24H27NO3. The monoisotopic (exact) mass is 377 g/mol. The van der Waals surface area contributed by atoms with E-state index in [1.54, 1.807) is 6.26 Å². The Morgan fingerprint density at radius 2 is 1.68 bits per heavy atom. The van der Waals surface area contributed by atoms with Crippen molar-refractivity contribution in [3.63, 3.8) is 0 Å². The lowest BCUT2D eigenvalue weighted by atomic mass is 9.52. The summed E-state index contributed by atoms with van der Waals surface area (Å²) in [6.07, 6.45) is 2.32. The molecule has 1 fully saturated rings. The summed E-state index contributed by atoms with van der Waals surface area (Å²) in [6.45, 7) is 10.0. The molecule has 1 amide bonds. The highest BCUT2D eigenvalue weighted by Crippen LogP contribution is 2.65. The molecule has 1 aliphatic carbocycles. The standard InChI is InChI=1S/C24H27NO3/c1-22(2,3)28-21(26)25-20-14-10-9-13-19(20)23(4)15-17(24(23,25)5)16-27-18-11-7-6-8-12-18/h6-14,16H,15H2,1-5H3/b17-16-/t23-,24-/m1/s1. The van der Waals surface area contributed by atoms with Crippen LogP contribution in [0.4, 0.5) is 10.5 Å². The number of hydrogen-bond acceptors (Lipinski definition) is 3. The van der Waals surface area contributed by atoms with E-state index in [0.717, 1.165) is 23.4 Å². The molecule has 2 aliphatic rings. The average molecular weight is 377 g/mol. The number of fused-ring (bicyclic) bond motifs is 3. The molecule has 146 valence electrons. The summed E-state index contributed by atoms with van der Waals surface area (Å²) in [7, 11) is 0. The highest BCUT2D eigenvalue weighted by Gasteiger charge is 2.68. The molecule has 2 aromatic rings. The number of carbonyl (C=O) groups excluding carboxylic acids is 1. The van der Waals surface area contributed by atoms with Gasteiger partial charge in [-0.05, 0) is 63.5 Å². The van der Waals surface area contributed by atoms with Crippen LogP contribution in [0.5, 0.6) is 5.75 Å². The molecule has 0 radical (unpaired) electrons. The van der Waals surface area contributed by atoms with Crippen LogP contribution in [-0.4, -0.2) is 17.2 Å². The lowest BCUT2D eigenvalue weighted by Gasteiger charge is -2.56. The van der Waals surface area contributed by atoms with Crippen molar-refractivity contribution in [2.45, 2.75) is 57.6 Å². The summed E-state index contributed by atoms with van der Waals surface area (Å²) in [6, 6.07) is 17.8. The second-order valence-corrected chi connectivity index (χ2v) is 8.99. The van der Waals surface area contributed by atoms with Gasteiger partial charge in [0.1, 0.15) is 11.4 Å². The predicted octanol–water partition coefficient (Wildman–Crippen LogP) is 5.82. The van der Waals surface area contributed by atoms with Crippen molar-refractivity contribution in [3.8, 4) is 5.75 Å². The van der Waals surface area contributed by atoms with Gasteiger partial charge in [-0.25, -0.2) is 4.79 Å². The Kier molecular flexibility index (Phi) is 4.07. The van der Waals surface area contributed by atoms with Crippen LogP contribution in [0.2, 0.25) is 0 Å².